The summed E-state index contributed by atoms with van der Waals surface area (Å²) in [5, 5.41) is 17.9. The molecule has 0 aliphatic rings. The van der Waals surface area contributed by atoms with Gasteiger partial charge in [-0.3, -0.25) is 5.01 Å². The molecular weight excluding hydrogens is 238 g/mol. The van der Waals surface area contributed by atoms with Gasteiger partial charge in [0.15, 0.2) is 0 Å². The van der Waals surface area contributed by atoms with Gasteiger partial charge in [-0.25, -0.2) is 0 Å². The first-order valence-electron chi connectivity index (χ1n) is 5.90. The summed E-state index contributed by atoms with van der Waals surface area (Å²) in [7, 11) is 3.65. The Morgan fingerprint density at radius 2 is 1.11 bits per heavy atom. The Balaban J connectivity index is 2.05. The van der Waals surface area contributed by atoms with E-state index < -0.39 is 0 Å². The quantitative estimate of drug-likeness (QED) is 0.577. The second kappa shape index (κ2) is 6.39. The van der Waals surface area contributed by atoms with Gasteiger partial charge < -0.3 is 0 Å². The molecule has 5 heteroatoms. The summed E-state index contributed by atoms with van der Waals surface area (Å²) in [5.41, 5.74) is 2.40. The molecule has 0 aromatic heterocycles. The van der Waals surface area contributed by atoms with Gasteiger partial charge >= 0.3 is 0 Å². The van der Waals surface area contributed by atoms with E-state index in [9.17, 15) is 0 Å². The maximum Gasteiger partial charge on any atom is 0.0875 e. The summed E-state index contributed by atoms with van der Waals surface area (Å²) in [4.78, 5) is 0. The summed E-state index contributed by atoms with van der Waals surface area (Å²) in [6.07, 6.45) is 0. The van der Waals surface area contributed by atoms with Crippen LogP contribution in [-0.4, -0.2) is 19.1 Å². The molecule has 2 aromatic carbocycles. The highest BCUT2D eigenvalue weighted by Gasteiger charge is 1.92. The molecule has 0 aliphatic carbocycles. The molecule has 0 fully saturated rings. The van der Waals surface area contributed by atoms with E-state index in [-0.39, 0.29) is 0 Å². The van der Waals surface area contributed by atoms with Gasteiger partial charge in [-0.1, -0.05) is 23.4 Å². The topological polar surface area (TPSA) is 52.7 Å². The van der Waals surface area contributed by atoms with Crippen LogP contribution in [0.15, 0.2) is 75.2 Å². The molecule has 19 heavy (non-hydrogen) atoms. The fourth-order valence-electron chi connectivity index (χ4n) is 1.34. The fourth-order valence-corrected chi connectivity index (χ4v) is 1.34. The Kier molecular flexibility index (Phi) is 4.34. The van der Waals surface area contributed by atoms with E-state index in [1.165, 1.54) is 0 Å². The highest BCUT2D eigenvalue weighted by molar-refractivity contribution is 5.47. The molecule has 2 aromatic rings. The van der Waals surface area contributed by atoms with Crippen molar-refractivity contribution in [1.29, 1.82) is 0 Å². The number of benzene rings is 2. The third-order valence-electron chi connectivity index (χ3n) is 2.23. The van der Waals surface area contributed by atoms with Gasteiger partial charge in [0.25, 0.3) is 0 Å². The third-order valence-corrected chi connectivity index (χ3v) is 2.23. The first-order chi connectivity index (χ1) is 9.24. The van der Waals surface area contributed by atoms with Crippen LogP contribution in [0.2, 0.25) is 0 Å². The molecule has 0 heterocycles. The van der Waals surface area contributed by atoms with Crippen molar-refractivity contribution in [3.63, 3.8) is 0 Å². The zero-order valence-corrected chi connectivity index (χ0v) is 10.9. The Bertz CT molecular complexity index is 558. The number of hydrogen-bond donors (Lipinski definition) is 0. The van der Waals surface area contributed by atoms with Gasteiger partial charge in [0.2, 0.25) is 0 Å². The minimum Gasteiger partial charge on any atom is -0.285 e. The lowest BCUT2D eigenvalue weighted by molar-refractivity contribution is 0.408. The lowest BCUT2D eigenvalue weighted by atomic mass is 10.3. The van der Waals surface area contributed by atoms with Gasteiger partial charge in [-0.2, -0.15) is 10.2 Å². The largest absolute Gasteiger partial charge is 0.285 e. The van der Waals surface area contributed by atoms with Crippen LogP contribution in [0.25, 0.3) is 0 Å². The van der Waals surface area contributed by atoms with Crippen molar-refractivity contribution in [3.8, 4) is 0 Å². The molecule has 0 unspecified atom stereocenters. The zero-order chi connectivity index (χ0) is 13.5. The molecule has 0 N–H and O–H groups in total. The van der Waals surface area contributed by atoms with Crippen LogP contribution in [0.5, 0.6) is 0 Å². The average Bonchev–Trinajstić information content (AvgIpc) is 2.45. The molecule has 5 nitrogen and oxygen atoms in total. The molecule has 0 radical (unpaired) electrons. The average molecular weight is 253 g/mol. The lowest BCUT2D eigenvalue weighted by Crippen LogP contribution is -1.98. The summed E-state index contributed by atoms with van der Waals surface area (Å²) >= 11 is 0. The molecule has 96 valence electrons. The van der Waals surface area contributed by atoms with Gasteiger partial charge in [0, 0.05) is 14.1 Å². The molecule has 0 aliphatic heterocycles. The molecule has 0 spiro atoms. The van der Waals surface area contributed by atoms with Crippen molar-refractivity contribution >= 4 is 17.1 Å². The van der Waals surface area contributed by atoms with Crippen LogP contribution in [0, 0.1) is 0 Å². The highest BCUT2D eigenvalue weighted by Crippen LogP contribution is 2.21. The zero-order valence-electron chi connectivity index (χ0n) is 10.9. The number of rotatable bonds is 4. The highest BCUT2D eigenvalue weighted by atomic mass is 15.5. The van der Waals surface area contributed by atoms with Crippen molar-refractivity contribution < 1.29 is 0 Å². The lowest BCUT2D eigenvalue weighted by Gasteiger charge is -2.00. The first-order valence-corrected chi connectivity index (χ1v) is 5.90. The normalized spacial score (nSPS) is 11.3. The Morgan fingerprint density at radius 1 is 0.632 bits per heavy atom. The number of hydrogen-bond acceptors (Lipinski definition) is 4. The van der Waals surface area contributed by atoms with Crippen molar-refractivity contribution in [2.45, 2.75) is 0 Å². The fraction of sp³-hybridized carbons (Fsp3) is 0.143. The Morgan fingerprint density at radius 3 is 1.63 bits per heavy atom. The molecule has 0 saturated carbocycles. The van der Waals surface area contributed by atoms with E-state index in [1.807, 2.05) is 68.7 Å². The van der Waals surface area contributed by atoms with Crippen LogP contribution in [-0.2, 0) is 0 Å². The van der Waals surface area contributed by atoms with E-state index in [0.29, 0.717) is 0 Å². The van der Waals surface area contributed by atoms with Gasteiger partial charge in [0.1, 0.15) is 0 Å². The minimum atomic E-state index is 0.785. The van der Waals surface area contributed by atoms with Gasteiger partial charge in [-0.05, 0) is 36.4 Å². The second-order valence-corrected chi connectivity index (χ2v) is 4.09. The predicted octanol–water partition coefficient (Wildman–Crippen LogP) is 4.66. The Hall–Kier alpha value is -2.56. The summed E-state index contributed by atoms with van der Waals surface area (Å²) < 4.78 is 0. The maximum absolute atomic E-state index is 4.16. The Labute approximate surface area is 112 Å². The van der Waals surface area contributed by atoms with E-state index in [0.717, 1.165) is 17.1 Å². The predicted molar refractivity (Wildman–Crippen MR) is 75.3 cm³/mol. The van der Waals surface area contributed by atoms with Crippen molar-refractivity contribution in [3.05, 3.63) is 54.6 Å². The standard InChI is InChI=1S/C14H15N5/c1-19(2)18-17-14-10-8-13(9-11-14)16-15-12-6-4-3-5-7-12/h3-11H,1-2H3. The van der Waals surface area contributed by atoms with Crippen LogP contribution < -0.4 is 0 Å². The van der Waals surface area contributed by atoms with Gasteiger partial charge in [-0.15, -0.1) is 5.11 Å². The van der Waals surface area contributed by atoms with Crippen molar-refractivity contribution in [2.24, 2.45) is 20.6 Å². The summed E-state index contributed by atoms with van der Waals surface area (Å²) in [6, 6.07) is 17.0. The van der Waals surface area contributed by atoms with E-state index in [2.05, 4.69) is 20.6 Å². The third kappa shape index (κ3) is 4.31. The molecule has 2 rings (SSSR count). The van der Waals surface area contributed by atoms with Crippen LogP contribution >= 0.6 is 0 Å². The molecule has 0 amide bonds. The molecule has 0 saturated heterocycles. The maximum atomic E-state index is 4.16. The van der Waals surface area contributed by atoms with Crippen molar-refractivity contribution in [2.75, 3.05) is 14.1 Å². The number of azo groups is 1. The van der Waals surface area contributed by atoms with Crippen LogP contribution in [0.1, 0.15) is 0 Å². The first kappa shape index (κ1) is 12.9. The molecule has 0 atom stereocenters. The van der Waals surface area contributed by atoms with E-state index in [4.69, 9.17) is 0 Å². The summed E-state index contributed by atoms with van der Waals surface area (Å²) in [5.74, 6) is 0. The van der Waals surface area contributed by atoms with Crippen LogP contribution in [0.4, 0.5) is 17.1 Å². The number of nitrogens with zero attached hydrogens (tertiary/aromatic N) is 5. The van der Waals surface area contributed by atoms with Crippen LogP contribution in [0.3, 0.4) is 0 Å². The molecular formula is C14H15N5. The second-order valence-electron chi connectivity index (χ2n) is 4.09. The minimum absolute atomic E-state index is 0.785. The monoisotopic (exact) mass is 253 g/mol. The van der Waals surface area contributed by atoms with E-state index >= 15 is 0 Å². The SMILES string of the molecule is CN(C)N=Nc1ccc(N=Nc2ccccc2)cc1. The van der Waals surface area contributed by atoms with E-state index in [1.54, 1.807) is 5.01 Å². The molecule has 0 bridgehead atoms. The smallest absolute Gasteiger partial charge is 0.0875 e. The summed E-state index contributed by atoms with van der Waals surface area (Å²) in [6.45, 7) is 0. The van der Waals surface area contributed by atoms with Crippen molar-refractivity contribution in [1.82, 2.24) is 5.01 Å². The van der Waals surface area contributed by atoms with Gasteiger partial charge in [0.05, 0.1) is 17.1 Å².